The number of ether oxygens (including phenoxy) is 1. The largest absolute Gasteiger partial charge is 0.480 e. The Morgan fingerprint density at radius 3 is 2.73 bits per heavy atom. The first kappa shape index (κ1) is 10.1. The zero-order valence-electron chi connectivity index (χ0n) is 6.59. The predicted molar refractivity (Wildman–Crippen MR) is 41.1 cm³/mol. The van der Waals surface area contributed by atoms with Gasteiger partial charge in [-0.1, -0.05) is 0 Å². The number of rotatable bonds is 6. The number of hydrogen-bond donors (Lipinski definition) is 2. The van der Waals surface area contributed by atoms with Crippen LogP contribution in [0, 0.1) is 5.41 Å². The van der Waals surface area contributed by atoms with Gasteiger partial charge in [-0.15, -0.1) is 0 Å². The van der Waals surface area contributed by atoms with Crippen LogP contribution in [-0.4, -0.2) is 30.0 Å². The van der Waals surface area contributed by atoms with Crippen molar-refractivity contribution >= 4 is 11.7 Å². The molecule has 0 aromatic carbocycles. The van der Waals surface area contributed by atoms with Gasteiger partial charge >= 0.3 is 5.97 Å². The monoisotopic (exact) mass is 159 g/mol. The first-order valence-electron chi connectivity index (χ1n) is 3.46. The molecule has 0 heterocycles. The third-order valence-corrected chi connectivity index (χ3v) is 1.07. The molecule has 0 aliphatic rings. The van der Waals surface area contributed by atoms with Crippen LogP contribution in [0.25, 0.3) is 0 Å². The van der Waals surface area contributed by atoms with Crippen molar-refractivity contribution in [1.29, 1.82) is 5.41 Å². The molecule has 0 aliphatic heterocycles. The summed E-state index contributed by atoms with van der Waals surface area (Å²) in [6.45, 7) is 1.90. The first-order valence-corrected chi connectivity index (χ1v) is 3.46. The van der Waals surface area contributed by atoms with E-state index in [4.69, 9.17) is 15.3 Å². The second-order valence-corrected chi connectivity index (χ2v) is 2.33. The second-order valence-electron chi connectivity index (χ2n) is 2.33. The van der Waals surface area contributed by atoms with E-state index in [-0.39, 0.29) is 6.61 Å². The molecule has 0 aromatic heterocycles. The summed E-state index contributed by atoms with van der Waals surface area (Å²) in [5, 5.41) is 15.2. The summed E-state index contributed by atoms with van der Waals surface area (Å²) in [7, 11) is 0. The number of carboxylic acid groups (broad SMARTS) is 1. The molecule has 0 aromatic rings. The molecule has 0 unspecified atom stereocenters. The summed E-state index contributed by atoms with van der Waals surface area (Å²) in [6, 6.07) is 0. The molecular formula is C7H13NO3. The van der Waals surface area contributed by atoms with Gasteiger partial charge < -0.3 is 15.3 Å². The summed E-state index contributed by atoms with van der Waals surface area (Å²) in [5.41, 5.74) is 0.601. The minimum atomic E-state index is -0.948. The minimum Gasteiger partial charge on any atom is -0.480 e. The smallest absolute Gasteiger partial charge is 0.329 e. The summed E-state index contributed by atoms with van der Waals surface area (Å²) >= 11 is 0. The van der Waals surface area contributed by atoms with Gasteiger partial charge in [0.1, 0.15) is 6.61 Å². The van der Waals surface area contributed by atoms with Gasteiger partial charge in [0.2, 0.25) is 0 Å². The Morgan fingerprint density at radius 2 is 2.27 bits per heavy atom. The second kappa shape index (κ2) is 5.85. The maximum Gasteiger partial charge on any atom is 0.329 e. The zero-order valence-corrected chi connectivity index (χ0v) is 6.59. The number of carboxylic acids is 1. The average Bonchev–Trinajstić information content (AvgIpc) is 1.85. The molecule has 0 saturated heterocycles. The van der Waals surface area contributed by atoms with E-state index >= 15 is 0 Å². The SMILES string of the molecule is CC(=N)CCCOCC(=O)O. The van der Waals surface area contributed by atoms with Crippen LogP contribution in [-0.2, 0) is 9.53 Å². The molecule has 0 bridgehead atoms. The van der Waals surface area contributed by atoms with Crippen LogP contribution < -0.4 is 0 Å². The molecule has 0 spiro atoms. The average molecular weight is 159 g/mol. The van der Waals surface area contributed by atoms with Gasteiger partial charge in [0.15, 0.2) is 0 Å². The van der Waals surface area contributed by atoms with Gasteiger partial charge in [-0.2, -0.15) is 0 Å². The van der Waals surface area contributed by atoms with Crippen molar-refractivity contribution < 1.29 is 14.6 Å². The molecule has 0 radical (unpaired) electrons. The highest BCUT2D eigenvalue weighted by molar-refractivity contribution is 5.78. The van der Waals surface area contributed by atoms with Crippen LogP contribution in [0.5, 0.6) is 0 Å². The summed E-state index contributed by atoms with van der Waals surface area (Å²) in [4.78, 5) is 9.93. The van der Waals surface area contributed by atoms with Crippen molar-refractivity contribution in [2.24, 2.45) is 0 Å². The Kier molecular flexibility index (Phi) is 5.37. The molecule has 11 heavy (non-hydrogen) atoms. The quantitative estimate of drug-likeness (QED) is 0.447. The first-order chi connectivity index (χ1) is 5.13. The molecule has 2 N–H and O–H groups in total. The van der Waals surface area contributed by atoms with Crippen molar-refractivity contribution in [2.75, 3.05) is 13.2 Å². The standard InChI is InChI=1S/C7H13NO3/c1-6(8)3-2-4-11-5-7(9)10/h8H,2-5H2,1H3,(H,9,10). The molecule has 0 saturated carbocycles. The number of aliphatic carboxylic acids is 1. The van der Waals surface area contributed by atoms with Gasteiger partial charge in [0, 0.05) is 12.3 Å². The van der Waals surface area contributed by atoms with Crippen molar-refractivity contribution in [3.8, 4) is 0 Å². The van der Waals surface area contributed by atoms with Gasteiger partial charge in [-0.3, -0.25) is 0 Å². The van der Waals surface area contributed by atoms with Crippen molar-refractivity contribution in [3.05, 3.63) is 0 Å². The maximum absolute atomic E-state index is 9.93. The fourth-order valence-corrected chi connectivity index (χ4v) is 0.599. The van der Waals surface area contributed by atoms with E-state index in [1.54, 1.807) is 6.92 Å². The van der Waals surface area contributed by atoms with E-state index in [1.807, 2.05) is 0 Å². The highest BCUT2D eigenvalue weighted by Crippen LogP contribution is 1.91. The minimum absolute atomic E-state index is 0.239. The fraction of sp³-hybridized carbons (Fsp3) is 0.714. The van der Waals surface area contributed by atoms with E-state index < -0.39 is 5.97 Å². The van der Waals surface area contributed by atoms with Gasteiger partial charge in [-0.05, 0) is 19.8 Å². The Morgan fingerprint density at radius 1 is 1.64 bits per heavy atom. The maximum atomic E-state index is 9.93. The summed E-state index contributed by atoms with van der Waals surface area (Å²) in [5.74, 6) is -0.948. The van der Waals surface area contributed by atoms with Crippen LogP contribution in [0.2, 0.25) is 0 Å². The van der Waals surface area contributed by atoms with Gasteiger partial charge in [0.05, 0.1) is 0 Å². The van der Waals surface area contributed by atoms with Crippen LogP contribution in [0.15, 0.2) is 0 Å². The van der Waals surface area contributed by atoms with Crippen LogP contribution >= 0.6 is 0 Å². The zero-order chi connectivity index (χ0) is 8.69. The Bertz CT molecular complexity index is 129. The van der Waals surface area contributed by atoms with Crippen LogP contribution in [0.4, 0.5) is 0 Å². The highest BCUT2D eigenvalue weighted by atomic mass is 16.5. The van der Waals surface area contributed by atoms with Crippen LogP contribution in [0.3, 0.4) is 0 Å². The molecule has 4 nitrogen and oxygen atoms in total. The molecule has 0 atom stereocenters. The van der Waals surface area contributed by atoms with E-state index in [9.17, 15) is 4.79 Å². The van der Waals surface area contributed by atoms with Crippen molar-refractivity contribution in [3.63, 3.8) is 0 Å². The topological polar surface area (TPSA) is 70.4 Å². The lowest BCUT2D eigenvalue weighted by atomic mass is 10.2. The molecule has 0 aliphatic carbocycles. The molecule has 64 valence electrons. The Hall–Kier alpha value is -0.900. The lowest BCUT2D eigenvalue weighted by Gasteiger charge is -1.99. The molecule has 4 heteroatoms. The molecule has 0 fully saturated rings. The van der Waals surface area contributed by atoms with E-state index in [0.29, 0.717) is 18.7 Å². The third-order valence-electron chi connectivity index (χ3n) is 1.07. The van der Waals surface area contributed by atoms with Crippen molar-refractivity contribution in [2.45, 2.75) is 19.8 Å². The Labute approximate surface area is 65.7 Å². The summed E-state index contributed by atoms with van der Waals surface area (Å²) < 4.78 is 4.75. The fourth-order valence-electron chi connectivity index (χ4n) is 0.599. The third kappa shape index (κ3) is 9.10. The van der Waals surface area contributed by atoms with Crippen molar-refractivity contribution in [1.82, 2.24) is 0 Å². The lowest BCUT2D eigenvalue weighted by molar-refractivity contribution is -0.142. The van der Waals surface area contributed by atoms with Crippen LogP contribution in [0.1, 0.15) is 19.8 Å². The number of hydrogen-bond acceptors (Lipinski definition) is 3. The molecular weight excluding hydrogens is 146 g/mol. The predicted octanol–water partition coefficient (Wildman–Crippen LogP) is 0.907. The normalized spacial score (nSPS) is 9.55. The summed E-state index contributed by atoms with van der Waals surface area (Å²) in [6.07, 6.45) is 1.40. The number of carbonyl (C=O) groups is 1. The van der Waals surface area contributed by atoms with Gasteiger partial charge in [0.25, 0.3) is 0 Å². The van der Waals surface area contributed by atoms with Gasteiger partial charge in [-0.25, -0.2) is 4.79 Å². The van der Waals surface area contributed by atoms with E-state index in [2.05, 4.69) is 0 Å². The Balaban J connectivity index is 3.03. The highest BCUT2D eigenvalue weighted by Gasteiger charge is 1.95. The van der Waals surface area contributed by atoms with E-state index in [0.717, 1.165) is 6.42 Å². The molecule has 0 amide bonds. The number of nitrogens with one attached hydrogen (secondary N) is 1. The molecule has 0 rings (SSSR count). The lowest BCUT2D eigenvalue weighted by Crippen LogP contribution is -2.08. The van der Waals surface area contributed by atoms with E-state index in [1.165, 1.54) is 0 Å².